The van der Waals surface area contributed by atoms with Crippen LogP contribution in [-0.2, 0) is 0 Å². The van der Waals surface area contributed by atoms with Crippen LogP contribution >= 0.6 is 0 Å². The fourth-order valence-electron chi connectivity index (χ4n) is 2.40. The van der Waals surface area contributed by atoms with Gasteiger partial charge in [-0.05, 0) is 33.7 Å². The highest BCUT2D eigenvalue weighted by molar-refractivity contribution is 4.81. The molecule has 0 spiro atoms. The highest BCUT2D eigenvalue weighted by Gasteiger charge is 2.25. The molecule has 0 radical (unpaired) electrons. The minimum absolute atomic E-state index is 0.355. The fourth-order valence-corrected chi connectivity index (χ4v) is 2.40. The molecule has 0 aromatic rings. The van der Waals surface area contributed by atoms with E-state index in [2.05, 4.69) is 37.5 Å². The van der Waals surface area contributed by atoms with Gasteiger partial charge in [0.05, 0.1) is 0 Å². The lowest BCUT2D eigenvalue weighted by molar-refractivity contribution is 0.0616. The van der Waals surface area contributed by atoms with Crippen LogP contribution in [0.15, 0.2) is 0 Å². The van der Waals surface area contributed by atoms with E-state index in [4.69, 9.17) is 0 Å². The Balaban J connectivity index is 2.12. The third kappa shape index (κ3) is 4.84. The van der Waals surface area contributed by atoms with E-state index in [9.17, 15) is 0 Å². The van der Waals surface area contributed by atoms with Crippen molar-refractivity contribution in [1.29, 1.82) is 0 Å². The predicted octanol–water partition coefficient (Wildman–Crippen LogP) is 2.98. The van der Waals surface area contributed by atoms with E-state index in [1.54, 1.807) is 0 Å². The van der Waals surface area contributed by atoms with Crippen molar-refractivity contribution in [2.75, 3.05) is 32.7 Å². The van der Waals surface area contributed by atoms with Crippen molar-refractivity contribution in [3.05, 3.63) is 0 Å². The van der Waals surface area contributed by atoms with Crippen molar-refractivity contribution in [2.24, 2.45) is 0 Å². The highest BCUT2D eigenvalue weighted by atomic mass is 15.3. The van der Waals surface area contributed by atoms with Gasteiger partial charge in [-0.3, -0.25) is 4.90 Å². The molecule has 96 valence electrons. The van der Waals surface area contributed by atoms with Crippen LogP contribution < -0.4 is 0 Å². The van der Waals surface area contributed by atoms with Gasteiger partial charge < -0.3 is 4.90 Å². The second-order valence-electron chi connectivity index (χ2n) is 6.06. The molecule has 0 aromatic carbocycles. The summed E-state index contributed by atoms with van der Waals surface area (Å²) in [6.07, 6.45) is 5.55. The Morgan fingerprint density at radius 2 is 1.50 bits per heavy atom. The molecule has 0 amide bonds. The van der Waals surface area contributed by atoms with Crippen molar-refractivity contribution < 1.29 is 0 Å². The van der Waals surface area contributed by atoms with Gasteiger partial charge in [0.25, 0.3) is 0 Å². The van der Waals surface area contributed by atoms with Gasteiger partial charge in [0, 0.05) is 31.7 Å². The smallest absolute Gasteiger partial charge is 0.0126 e. The van der Waals surface area contributed by atoms with Gasteiger partial charge >= 0.3 is 0 Å². The molecule has 0 aliphatic carbocycles. The largest absolute Gasteiger partial charge is 0.301 e. The van der Waals surface area contributed by atoms with Gasteiger partial charge in [0.1, 0.15) is 0 Å². The molecule has 0 aromatic heterocycles. The first kappa shape index (κ1) is 14.0. The minimum atomic E-state index is 0.355. The first-order chi connectivity index (χ1) is 7.54. The van der Waals surface area contributed by atoms with E-state index in [1.807, 2.05) is 0 Å². The summed E-state index contributed by atoms with van der Waals surface area (Å²) in [5.41, 5.74) is 0.355. The summed E-state index contributed by atoms with van der Waals surface area (Å²) in [5.74, 6) is 0. The van der Waals surface area contributed by atoms with Crippen molar-refractivity contribution in [3.8, 4) is 0 Å². The van der Waals surface area contributed by atoms with Crippen molar-refractivity contribution in [1.82, 2.24) is 9.80 Å². The number of rotatable bonds is 5. The highest BCUT2D eigenvalue weighted by Crippen LogP contribution is 2.16. The molecule has 0 unspecified atom stereocenters. The first-order valence-electron chi connectivity index (χ1n) is 7.01. The van der Waals surface area contributed by atoms with Crippen LogP contribution in [0.4, 0.5) is 0 Å². The van der Waals surface area contributed by atoms with Crippen molar-refractivity contribution in [3.63, 3.8) is 0 Å². The molecule has 1 fully saturated rings. The minimum Gasteiger partial charge on any atom is -0.301 e. The van der Waals surface area contributed by atoms with Crippen LogP contribution in [0.25, 0.3) is 0 Å². The topological polar surface area (TPSA) is 6.48 Å². The average Bonchev–Trinajstić information content (AvgIpc) is 2.24. The van der Waals surface area contributed by atoms with E-state index in [0.29, 0.717) is 5.54 Å². The summed E-state index contributed by atoms with van der Waals surface area (Å²) in [7, 11) is 0. The Bertz CT molecular complexity index is 176. The molecule has 1 rings (SSSR count). The molecule has 0 N–H and O–H groups in total. The summed E-state index contributed by atoms with van der Waals surface area (Å²) in [6.45, 7) is 15.6. The lowest BCUT2D eigenvalue weighted by atomic mass is 10.0. The van der Waals surface area contributed by atoms with Crippen LogP contribution in [-0.4, -0.2) is 48.1 Å². The molecule has 2 nitrogen and oxygen atoms in total. The van der Waals surface area contributed by atoms with E-state index in [-0.39, 0.29) is 0 Å². The maximum absolute atomic E-state index is 2.64. The molecule has 1 heterocycles. The van der Waals surface area contributed by atoms with Crippen LogP contribution in [0.2, 0.25) is 0 Å². The van der Waals surface area contributed by atoms with Gasteiger partial charge in [-0.2, -0.15) is 0 Å². The van der Waals surface area contributed by atoms with Crippen LogP contribution in [0.5, 0.6) is 0 Å². The molecule has 2 heteroatoms. The summed E-state index contributed by atoms with van der Waals surface area (Å²) >= 11 is 0. The molecule has 1 aliphatic rings. The fraction of sp³-hybridized carbons (Fsp3) is 1.00. The summed E-state index contributed by atoms with van der Waals surface area (Å²) in [6, 6.07) is 0. The van der Waals surface area contributed by atoms with E-state index in [0.717, 1.165) is 0 Å². The van der Waals surface area contributed by atoms with E-state index < -0.39 is 0 Å². The van der Waals surface area contributed by atoms with Crippen molar-refractivity contribution in [2.45, 2.75) is 58.9 Å². The van der Waals surface area contributed by atoms with Crippen molar-refractivity contribution >= 4 is 0 Å². The number of hydrogen-bond donors (Lipinski definition) is 0. The first-order valence-corrected chi connectivity index (χ1v) is 7.01. The zero-order chi connectivity index (χ0) is 12.0. The van der Waals surface area contributed by atoms with Gasteiger partial charge in [-0.25, -0.2) is 0 Å². The quantitative estimate of drug-likeness (QED) is 0.665. The predicted molar refractivity (Wildman–Crippen MR) is 71.9 cm³/mol. The third-order valence-corrected chi connectivity index (χ3v) is 3.65. The SMILES string of the molecule is CCCCCCN1CCN(C(C)(C)C)CC1. The standard InChI is InChI=1S/C14H30N2/c1-5-6-7-8-9-15-10-12-16(13-11-15)14(2,3)4/h5-13H2,1-4H3. The van der Waals surface area contributed by atoms with Crippen LogP contribution in [0.3, 0.4) is 0 Å². The molecule has 0 saturated carbocycles. The monoisotopic (exact) mass is 226 g/mol. The second kappa shape index (κ2) is 6.61. The maximum Gasteiger partial charge on any atom is 0.0126 e. The molecule has 0 atom stereocenters. The molecule has 16 heavy (non-hydrogen) atoms. The Morgan fingerprint density at radius 1 is 0.875 bits per heavy atom. The van der Waals surface area contributed by atoms with Gasteiger partial charge in [-0.15, -0.1) is 0 Å². The number of nitrogens with zero attached hydrogens (tertiary/aromatic N) is 2. The third-order valence-electron chi connectivity index (χ3n) is 3.65. The average molecular weight is 226 g/mol. The molecule has 1 saturated heterocycles. The molecular formula is C14H30N2. The second-order valence-corrected chi connectivity index (χ2v) is 6.06. The van der Waals surface area contributed by atoms with Gasteiger partial charge in [0.2, 0.25) is 0 Å². The zero-order valence-corrected chi connectivity index (χ0v) is 11.8. The lowest BCUT2D eigenvalue weighted by Gasteiger charge is -2.42. The normalized spacial score (nSPS) is 20.2. The molecular weight excluding hydrogens is 196 g/mol. The number of unbranched alkanes of at least 4 members (excludes halogenated alkanes) is 3. The number of piperazine rings is 1. The Labute approximate surface area is 102 Å². The maximum atomic E-state index is 2.64. The zero-order valence-electron chi connectivity index (χ0n) is 11.8. The van der Waals surface area contributed by atoms with E-state index >= 15 is 0 Å². The number of hydrogen-bond acceptors (Lipinski definition) is 2. The van der Waals surface area contributed by atoms with E-state index in [1.165, 1.54) is 58.4 Å². The molecule has 0 bridgehead atoms. The van der Waals surface area contributed by atoms with Crippen LogP contribution in [0.1, 0.15) is 53.4 Å². The van der Waals surface area contributed by atoms with Gasteiger partial charge in [0.15, 0.2) is 0 Å². The summed E-state index contributed by atoms with van der Waals surface area (Å²) < 4.78 is 0. The Hall–Kier alpha value is -0.0800. The summed E-state index contributed by atoms with van der Waals surface area (Å²) in [5, 5.41) is 0. The van der Waals surface area contributed by atoms with Gasteiger partial charge in [-0.1, -0.05) is 26.2 Å². The Morgan fingerprint density at radius 3 is 2.00 bits per heavy atom. The Kier molecular flexibility index (Phi) is 5.77. The van der Waals surface area contributed by atoms with Crippen LogP contribution in [0, 0.1) is 0 Å². The lowest BCUT2D eigenvalue weighted by Crippen LogP contribution is -2.53. The summed E-state index contributed by atoms with van der Waals surface area (Å²) in [4.78, 5) is 5.24. The molecule has 1 aliphatic heterocycles.